The number of likely N-dealkylation sites (N-methyl/N-ethyl adjacent to an activating group) is 1. The van der Waals surface area contributed by atoms with Crippen LogP contribution < -0.4 is 0 Å². The number of nitrogens with zero attached hydrogens (tertiary/aromatic N) is 2. The fourth-order valence-electron chi connectivity index (χ4n) is 3.86. The monoisotopic (exact) mass is 320 g/mol. The molecular formula is C20H20N2O2. The van der Waals surface area contributed by atoms with Crippen molar-refractivity contribution in [1.82, 2.24) is 4.90 Å². The molecule has 4 nitrogen and oxygen atoms in total. The fraction of sp³-hybridized carbons (Fsp3) is 0.350. The molecule has 0 radical (unpaired) electrons. The highest BCUT2D eigenvalue weighted by atomic mass is 16.2. The molecule has 2 aliphatic rings. The van der Waals surface area contributed by atoms with Crippen LogP contribution in [0.25, 0.3) is 0 Å². The standard InChI is InChI=1S/C20H20N2O2/c1-4-22-11-10-16-19(2,3)17(23)14(13-21)12-20(16,18(22)24)15-8-6-5-7-9-15/h5-10,12H,4,11H2,1-3H3/t20-/m1/s1. The minimum atomic E-state index is -1.07. The molecule has 0 saturated heterocycles. The van der Waals surface area contributed by atoms with E-state index in [1.54, 1.807) is 24.8 Å². The van der Waals surface area contributed by atoms with Gasteiger partial charge in [-0.25, -0.2) is 0 Å². The van der Waals surface area contributed by atoms with Gasteiger partial charge in [0.25, 0.3) is 0 Å². The molecule has 1 aromatic carbocycles. The number of carbonyl (C=O) groups excluding carboxylic acids is 2. The first-order valence-electron chi connectivity index (χ1n) is 8.13. The van der Waals surface area contributed by atoms with E-state index in [-0.39, 0.29) is 17.3 Å². The Hall–Kier alpha value is -2.67. The summed E-state index contributed by atoms with van der Waals surface area (Å²) in [5.41, 5.74) is -0.316. The number of amides is 1. The van der Waals surface area contributed by atoms with E-state index in [0.717, 1.165) is 11.1 Å². The molecule has 1 aliphatic heterocycles. The van der Waals surface area contributed by atoms with Gasteiger partial charge in [0.2, 0.25) is 5.91 Å². The van der Waals surface area contributed by atoms with E-state index in [2.05, 4.69) is 0 Å². The Morgan fingerprint density at radius 1 is 1.21 bits per heavy atom. The molecule has 4 heteroatoms. The molecule has 1 amide bonds. The van der Waals surface area contributed by atoms with E-state index in [4.69, 9.17) is 0 Å². The molecule has 1 heterocycles. The number of Topliss-reactive ketones (excluding diaryl/α,β-unsaturated/α-hetero) is 1. The molecule has 0 spiro atoms. The van der Waals surface area contributed by atoms with Crippen LogP contribution in [-0.4, -0.2) is 29.7 Å². The van der Waals surface area contributed by atoms with Gasteiger partial charge in [0.15, 0.2) is 5.78 Å². The van der Waals surface area contributed by atoms with Crippen LogP contribution in [-0.2, 0) is 15.0 Å². The first kappa shape index (κ1) is 16.2. The van der Waals surface area contributed by atoms with Gasteiger partial charge in [-0.1, -0.05) is 36.4 Å². The van der Waals surface area contributed by atoms with E-state index in [1.165, 1.54) is 0 Å². The summed E-state index contributed by atoms with van der Waals surface area (Å²) in [6.45, 7) is 6.62. The summed E-state index contributed by atoms with van der Waals surface area (Å²) in [7, 11) is 0. The second kappa shape index (κ2) is 5.45. The average Bonchev–Trinajstić information content (AvgIpc) is 2.60. The normalized spacial score (nSPS) is 25.5. The van der Waals surface area contributed by atoms with Crippen LogP contribution in [0.3, 0.4) is 0 Å². The molecule has 0 fully saturated rings. The summed E-state index contributed by atoms with van der Waals surface area (Å²) in [4.78, 5) is 27.9. The summed E-state index contributed by atoms with van der Waals surface area (Å²) < 4.78 is 0. The van der Waals surface area contributed by atoms with E-state index in [0.29, 0.717) is 13.1 Å². The number of carbonyl (C=O) groups is 2. The van der Waals surface area contributed by atoms with Crippen molar-refractivity contribution in [2.75, 3.05) is 13.1 Å². The van der Waals surface area contributed by atoms with Crippen molar-refractivity contribution in [3.63, 3.8) is 0 Å². The van der Waals surface area contributed by atoms with Crippen molar-refractivity contribution in [2.24, 2.45) is 5.41 Å². The highest BCUT2D eigenvalue weighted by Gasteiger charge is 2.56. The number of ketones is 1. The van der Waals surface area contributed by atoms with Crippen molar-refractivity contribution in [2.45, 2.75) is 26.2 Å². The molecule has 122 valence electrons. The average molecular weight is 320 g/mol. The summed E-state index contributed by atoms with van der Waals surface area (Å²) in [5.74, 6) is -0.289. The SMILES string of the molecule is CCN1CC=C2C(C)(C)C(=O)C(C#N)=C[C@]2(c2ccccc2)C1=O. The van der Waals surface area contributed by atoms with Gasteiger partial charge in [-0.05, 0) is 38.0 Å². The van der Waals surface area contributed by atoms with Gasteiger partial charge in [0.05, 0.1) is 11.0 Å². The minimum Gasteiger partial charge on any atom is -0.338 e. The zero-order valence-corrected chi connectivity index (χ0v) is 14.2. The van der Waals surface area contributed by atoms with Crippen molar-refractivity contribution < 1.29 is 9.59 Å². The van der Waals surface area contributed by atoms with Crippen LogP contribution in [0.4, 0.5) is 0 Å². The van der Waals surface area contributed by atoms with Gasteiger partial charge in [0, 0.05) is 13.1 Å². The van der Waals surface area contributed by atoms with Gasteiger partial charge in [-0.15, -0.1) is 0 Å². The lowest BCUT2D eigenvalue weighted by atomic mass is 9.56. The highest BCUT2D eigenvalue weighted by molar-refractivity contribution is 6.11. The van der Waals surface area contributed by atoms with Crippen molar-refractivity contribution in [3.8, 4) is 6.07 Å². The Bertz CT molecular complexity index is 812. The summed E-state index contributed by atoms with van der Waals surface area (Å²) >= 11 is 0. The zero-order chi connectivity index (χ0) is 17.5. The number of hydrogen-bond donors (Lipinski definition) is 0. The van der Waals surface area contributed by atoms with Gasteiger partial charge in [-0.3, -0.25) is 9.59 Å². The van der Waals surface area contributed by atoms with Gasteiger partial charge < -0.3 is 4.90 Å². The molecule has 3 rings (SSSR count). The van der Waals surface area contributed by atoms with Crippen molar-refractivity contribution >= 4 is 11.7 Å². The molecule has 0 bridgehead atoms. The maximum atomic E-state index is 13.4. The Morgan fingerprint density at radius 2 is 1.88 bits per heavy atom. The smallest absolute Gasteiger partial charge is 0.241 e. The molecule has 0 N–H and O–H groups in total. The Labute approximate surface area is 142 Å². The van der Waals surface area contributed by atoms with E-state index >= 15 is 0 Å². The molecule has 24 heavy (non-hydrogen) atoms. The predicted molar refractivity (Wildman–Crippen MR) is 90.9 cm³/mol. The number of rotatable bonds is 2. The lowest BCUT2D eigenvalue weighted by molar-refractivity contribution is -0.136. The number of fused-ring (bicyclic) bond motifs is 1. The van der Waals surface area contributed by atoms with E-state index in [9.17, 15) is 14.9 Å². The third kappa shape index (κ3) is 1.98. The molecule has 0 aromatic heterocycles. The maximum absolute atomic E-state index is 13.4. The molecule has 1 aliphatic carbocycles. The summed E-state index contributed by atoms with van der Waals surface area (Å²) in [6, 6.07) is 11.4. The van der Waals surface area contributed by atoms with Crippen LogP contribution in [0, 0.1) is 16.7 Å². The Morgan fingerprint density at radius 3 is 2.46 bits per heavy atom. The predicted octanol–water partition coefficient (Wildman–Crippen LogP) is 2.77. The molecule has 0 unspecified atom stereocenters. The third-order valence-electron chi connectivity index (χ3n) is 5.14. The summed E-state index contributed by atoms with van der Waals surface area (Å²) in [5, 5.41) is 9.47. The largest absolute Gasteiger partial charge is 0.338 e. The van der Waals surface area contributed by atoms with E-state index in [1.807, 2.05) is 49.4 Å². The topological polar surface area (TPSA) is 61.2 Å². The van der Waals surface area contributed by atoms with Gasteiger partial charge >= 0.3 is 0 Å². The number of hydrogen-bond acceptors (Lipinski definition) is 3. The summed E-state index contributed by atoms with van der Waals surface area (Å²) in [6.07, 6.45) is 3.56. The minimum absolute atomic E-state index is 0.0623. The van der Waals surface area contributed by atoms with Crippen molar-refractivity contribution in [3.05, 3.63) is 59.2 Å². The Balaban J connectivity index is 2.40. The van der Waals surface area contributed by atoms with Crippen LogP contribution in [0.5, 0.6) is 0 Å². The van der Waals surface area contributed by atoms with Gasteiger partial charge in [0.1, 0.15) is 11.5 Å². The van der Waals surface area contributed by atoms with Crippen LogP contribution in [0.15, 0.2) is 53.6 Å². The maximum Gasteiger partial charge on any atom is 0.241 e. The zero-order valence-electron chi connectivity index (χ0n) is 14.2. The third-order valence-corrected chi connectivity index (χ3v) is 5.14. The number of allylic oxidation sites excluding steroid dienone is 1. The lowest BCUT2D eigenvalue weighted by Gasteiger charge is -2.48. The quantitative estimate of drug-likeness (QED) is 0.787. The van der Waals surface area contributed by atoms with Crippen molar-refractivity contribution in [1.29, 1.82) is 5.26 Å². The van der Waals surface area contributed by atoms with E-state index < -0.39 is 10.8 Å². The molecule has 0 saturated carbocycles. The highest BCUT2D eigenvalue weighted by Crippen LogP contribution is 2.51. The number of nitriles is 1. The van der Waals surface area contributed by atoms with Crippen LogP contribution in [0.2, 0.25) is 0 Å². The van der Waals surface area contributed by atoms with Gasteiger partial charge in [-0.2, -0.15) is 5.26 Å². The number of benzene rings is 1. The molecule has 1 atom stereocenters. The Kier molecular flexibility index (Phi) is 3.68. The van der Waals surface area contributed by atoms with Crippen LogP contribution in [0.1, 0.15) is 26.3 Å². The fourth-order valence-corrected chi connectivity index (χ4v) is 3.86. The lowest BCUT2D eigenvalue weighted by Crippen LogP contribution is -2.56. The second-order valence-electron chi connectivity index (χ2n) is 6.76. The second-order valence-corrected chi connectivity index (χ2v) is 6.76. The first-order valence-corrected chi connectivity index (χ1v) is 8.13. The molecular weight excluding hydrogens is 300 g/mol. The first-order chi connectivity index (χ1) is 11.4. The molecule has 1 aromatic rings. The van der Waals surface area contributed by atoms with Crippen LogP contribution >= 0.6 is 0 Å².